The molecule has 0 aliphatic carbocycles. The molecule has 0 saturated heterocycles. The van der Waals surface area contributed by atoms with Crippen LogP contribution in [0, 0.1) is 11.3 Å². The summed E-state index contributed by atoms with van der Waals surface area (Å²) in [5.41, 5.74) is 0.665. The minimum atomic E-state index is -0.290. The lowest BCUT2D eigenvalue weighted by Crippen LogP contribution is -2.29. The van der Waals surface area contributed by atoms with Crippen LogP contribution in [0.3, 0.4) is 0 Å². The fourth-order valence-electron chi connectivity index (χ4n) is 2.07. The van der Waals surface area contributed by atoms with E-state index < -0.39 is 0 Å². The van der Waals surface area contributed by atoms with Crippen molar-refractivity contribution in [3.63, 3.8) is 0 Å². The molecule has 5 nitrogen and oxygen atoms in total. The monoisotopic (exact) mass is 284 g/mol. The second kappa shape index (κ2) is 7.27. The van der Waals surface area contributed by atoms with Crippen LogP contribution in [0.1, 0.15) is 12.0 Å². The van der Waals surface area contributed by atoms with E-state index in [1.54, 1.807) is 6.07 Å². The third-order valence-corrected chi connectivity index (χ3v) is 3.07. The van der Waals surface area contributed by atoms with Crippen LogP contribution in [0.4, 0.5) is 0 Å². The zero-order chi connectivity index (χ0) is 15.1. The number of amides is 1. The zero-order valence-electron chi connectivity index (χ0n) is 11.5. The molecule has 2 aromatic rings. The minimum absolute atomic E-state index is 0.142. The standard InChI is InChI=1S/C16H16N2O3/c17-8-3-9-18-16(20)11-21-15-7-6-12-4-1-2-5-13(12)14(15)10-19/h1-2,4-7,19H,3,9-11H2,(H,18,20). The van der Waals surface area contributed by atoms with Crippen molar-refractivity contribution in [2.75, 3.05) is 13.2 Å². The van der Waals surface area contributed by atoms with Gasteiger partial charge in [0.15, 0.2) is 6.61 Å². The number of aliphatic hydroxyl groups is 1. The molecule has 21 heavy (non-hydrogen) atoms. The molecule has 0 saturated carbocycles. The second-order valence-electron chi connectivity index (χ2n) is 4.47. The Morgan fingerprint density at radius 3 is 2.86 bits per heavy atom. The lowest BCUT2D eigenvalue weighted by molar-refractivity contribution is -0.123. The first-order valence-corrected chi connectivity index (χ1v) is 6.64. The van der Waals surface area contributed by atoms with E-state index in [0.717, 1.165) is 10.8 Å². The van der Waals surface area contributed by atoms with Gasteiger partial charge in [0.05, 0.1) is 19.1 Å². The molecule has 5 heteroatoms. The quantitative estimate of drug-likeness (QED) is 0.792. The fourth-order valence-corrected chi connectivity index (χ4v) is 2.07. The van der Waals surface area contributed by atoms with E-state index in [0.29, 0.717) is 17.9 Å². The number of fused-ring (bicyclic) bond motifs is 1. The minimum Gasteiger partial charge on any atom is -0.483 e. The Morgan fingerprint density at radius 2 is 2.10 bits per heavy atom. The molecule has 0 unspecified atom stereocenters. The summed E-state index contributed by atoms with van der Waals surface area (Å²) < 4.78 is 5.47. The number of carbonyl (C=O) groups excluding carboxylic acids is 1. The Balaban J connectivity index is 2.08. The number of nitriles is 1. The molecule has 0 aliphatic heterocycles. The summed E-state index contributed by atoms with van der Waals surface area (Å²) in [7, 11) is 0. The highest BCUT2D eigenvalue weighted by Gasteiger charge is 2.09. The molecular formula is C16H16N2O3. The SMILES string of the molecule is N#CCCNC(=O)COc1ccc2ccccc2c1CO. The van der Waals surface area contributed by atoms with Gasteiger partial charge in [0.1, 0.15) is 5.75 Å². The van der Waals surface area contributed by atoms with E-state index >= 15 is 0 Å². The maximum atomic E-state index is 11.5. The van der Waals surface area contributed by atoms with Gasteiger partial charge >= 0.3 is 0 Å². The molecule has 0 radical (unpaired) electrons. The highest BCUT2D eigenvalue weighted by atomic mass is 16.5. The molecule has 0 fully saturated rings. The lowest BCUT2D eigenvalue weighted by Gasteiger charge is -2.12. The predicted octanol–water partition coefficient (Wildman–Crippen LogP) is 1.74. The van der Waals surface area contributed by atoms with Gasteiger partial charge in [0.25, 0.3) is 5.91 Å². The van der Waals surface area contributed by atoms with Crippen molar-refractivity contribution in [1.29, 1.82) is 5.26 Å². The van der Waals surface area contributed by atoms with Crippen LogP contribution in [0.2, 0.25) is 0 Å². The van der Waals surface area contributed by atoms with Gasteiger partial charge in [-0.1, -0.05) is 30.3 Å². The molecule has 2 N–H and O–H groups in total. The molecule has 0 aromatic heterocycles. The maximum Gasteiger partial charge on any atom is 0.257 e. The van der Waals surface area contributed by atoms with Crippen LogP contribution in [-0.2, 0) is 11.4 Å². The van der Waals surface area contributed by atoms with Crippen molar-refractivity contribution in [1.82, 2.24) is 5.32 Å². The molecule has 0 atom stereocenters. The van der Waals surface area contributed by atoms with Crippen LogP contribution in [0.25, 0.3) is 10.8 Å². The van der Waals surface area contributed by atoms with Gasteiger partial charge in [-0.25, -0.2) is 0 Å². The summed E-state index contributed by atoms with van der Waals surface area (Å²) in [5.74, 6) is 0.203. The van der Waals surface area contributed by atoms with Crippen LogP contribution in [0.5, 0.6) is 5.75 Å². The summed E-state index contributed by atoms with van der Waals surface area (Å²) in [4.78, 5) is 11.5. The van der Waals surface area contributed by atoms with Crippen molar-refractivity contribution in [3.05, 3.63) is 42.0 Å². The normalized spacial score (nSPS) is 10.1. The number of nitrogens with zero attached hydrogens (tertiary/aromatic N) is 1. The first-order valence-electron chi connectivity index (χ1n) is 6.64. The third-order valence-electron chi connectivity index (χ3n) is 3.07. The Labute approximate surface area is 122 Å². The van der Waals surface area contributed by atoms with Crippen molar-refractivity contribution in [2.45, 2.75) is 13.0 Å². The fraction of sp³-hybridized carbons (Fsp3) is 0.250. The average Bonchev–Trinajstić information content (AvgIpc) is 2.52. The topological polar surface area (TPSA) is 82.4 Å². The number of aliphatic hydroxyl groups excluding tert-OH is 1. The largest absolute Gasteiger partial charge is 0.483 e. The van der Waals surface area contributed by atoms with Crippen LogP contribution < -0.4 is 10.1 Å². The highest BCUT2D eigenvalue weighted by molar-refractivity contribution is 5.87. The number of hydrogen-bond acceptors (Lipinski definition) is 4. The Morgan fingerprint density at radius 1 is 1.29 bits per heavy atom. The Bertz CT molecular complexity index is 677. The number of hydrogen-bond donors (Lipinski definition) is 2. The van der Waals surface area contributed by atoms with Gasteiger partial charge in [-0.15, -0.1) is 0 Å². The van der Waals surface area contributed by atoms with Gasteiger partial charge in [-0.2, -0.15) is 5.26 Å². The third kappa shape index (κ3) is 3.71. The maximum absolute atomic E-state index is 11.5. The van der Waals surface area contributed by atoms with E-state index in [1.165, 1.54) is 0 Å². The van der Waals surface area contributed by atoms with Gasteiger partial charge in [-0.3, -0.25) is 4.79 Å². The van der Waals surface area contributed by atoms with E-state index in [4.69, 9.17) is 10.00 Å². The van der Waals surface area contributed by atoms with Gasteiger partial charge in [0.2, 0.25) is 0 Å². The summed E-state index contributed by atoms with van der Waals surface area (Å²) in [6.07, 6.45) is 0.267. The van der Waals surface area contributed by atoms with Crippen LogP contribution in [0.15, 0.2) is 36.4 Å². The molecule has 1 amide bonds. The summed E-state index contributed by atoms with van der Waals surface area (Å²) in [6.45, 7) is 0.00672. The first kappa shape index (κ1) is 14.8. The number of rotatable bonds is 6. The van der Waals surface area contributed by atoms with E-state index in [2.05, 4.69) is 5.32 Å². The predicted molar refractivity (Wildman–Crippen MR) is 78.6 cm³/mol. The molecule has 0 bridgehead atoms. The van der Waals surface area contributed by atoms with Crippen LogP contribution in [-0.4, -0.2) is 24.2 Å². The van der Waals surface area contributed by atoms with E-state index in [1.807, 2.05) is 36.4 Å². The van der Waals surface area contributed by atoms with Crippen molar-refractivity contribution < 1.29 is 14.6 Å². The highest BCUT2D eigenvalue weighted by Crippen LogP contribution is 2.28. The molecule has 2 aromatic carbocycles. The van der Waals surface area contributed by atoms with Crippen molar-refractivity contribution in [2.24, 2.45) is 0 Å². The number of nitrogens with one attached hydrogen (secondary N) is 1. The molecular weight excluding hydrogens is 268 g/mol. The summed E-state index contributed by atoms with van der Waals surface area (Å²) in [6, 6.07) is 13.2. The number of carbonyl (C=O) groups is 1. The number of ether oxygens (including phenoxy) is 1. The molecule has 0 heterocycles. The molecule has 0 aliphatic rings. The Hall–Kier alpha value is -2.58. The number of benzene rings is 2. The summed E-state index contributed by atoms with van der Waals surface area (Å²) >= 11 is 0. The molecule has 0 spiro atoms. The van der Waals surface area contributed by atoms with Crippen LogP contribution >= 0.6 is 0 Å². The average molecular weight is 284 g/mol. The van der Waals surface area contributed by atoms with Crippen molar-refractivity contribution >= 4 is 16.7 Å². The first-order chi connectivity index (χ1) is 10.3. The second-order valence-corrected chi connectivity index (χ2v) is 4.47. The van der Waals surface area contributed by atoms with E-state index in [9.17, 15) is 9.90 Å². The zero-order valence-corrected chi connectivity index (χ0v) is 11.5. The summed E-state index contributed by atoms with van der Waals surface area (Å²) in [5, 5.41) is 22.4. The van der Waals surface area contributed by atoms with Gasteiger partial charge < -0.3 is 15.2 Å². The van der Waals surface area contributed by atoms with Gasteiger partial charge in [-0.05, 0) is 16.8 Å². The lowest BCUT2D eigenvalue weighted by atomic mass is 10.0. The molecule has 108 valence electrons. The molecule has 2 rings (SSSR count). The van der Waals surface area contributed by atoms with Gasteiger partial charge in [0, 0.05) is 12.1 Å². The van der Waals surface area contributed by atoms with Crippen molar-refractivity contribution in [3.8, 4) is 11.8 Å². The Kier molecular flexibility index (Phi) is 5.13. The smallest absolute Gasteiger partial charge is 0.257 e. The van der Waals surface area contributed by atoms with E-state index in [-0.39, 0.29) is 25.5 Å².